The maximum absolute atomic E-state index is 10.7. The second-order valence-electron chi connectivity index (χ2n) is 3.58. The highest BCUT2D eigenvalue weighted by molar-refractivity contribution is 5.75. The fraction of sp³-hybridized carbons (Fsp3) is 0.417. The van der Waals surface area contributed by atoms with Crippen LogP contribution in [0.15, 0.2) is 18.2 Å². The van der Waals surface area contributed by atoms with E-state index < -0.39 is 5.91 Å². The molecule has 0 saturated carbocycles. The summed E-state index contributed by atoms with van der Waals surface area (Å²) in [6.45, 7) is 2.84. The number of hydrogen-bond acceptors (Lipinski definition) is 4. The Bertz CT molecular complexity index is 380. The van der Waals surface area contributed by atoms with Crippen LogP contribution in [-0.4, -0.2) is 19.1 Å². The topological polar surface area (TPSA) is 87.6 Å². The van der Waals surface area contributed by atoms with Crippen LogP contribution in [0.2, 0.25) is 0 Å². The van der Waals surface area contributed by atoms with E-state index in [4.69, 9.17) is 20.9 Å². The Morgan fingerprint density at radius 2 is 2.12 bits per heavy atom. The lowest BCUT2D eigenvalue weighted by Crippen LogP contribution is -2.20. The summed E-state index contributed by atoms with van der Waals surface area (Å²) in [5.74, 6) is 0.719. The highest BCUT2D eigenvalue weighted by atomic mass is 16.5. The first-order valence-electron chi connectivity index (χ1n) is 5.54. The Hall–Kier alpha value is -1.75. The molecule has 1 aromatic rings. The van der Waals surface area contributed by atoms with Gasteiger partial charge in [0.25, 0.3) is 5.91 Å². The van der Waals surface area contributed by atoms with Crippen molar-refractivity contribution >= 4 is 5.91 Å². The zero-order chi connectivity index (χ0) is 12.7. The third kappa shape index (κ3) is 4.32. The Morgan fingerprint density at radius 3 is 2.71 bits per heavy atom. The van der Waals surface area contributed by atoms with Crippen molar-refractivity contribution in [3.05, 3.63) is 23.8 Å². The summed E-state index contributed by atoms with van der Waals surface area (Å²) in [6, 6.07) is 5.37. The Balaban J connectivity index is 2.78. The minimum absolute atomic E-state index is 0.162. The summed E-state index contributed by atoms with van der Waals surface area (Å²) in [4.78, 5) is 10.7. The summed E-state index contributed by atoms with van der Waals surface area (Å²) < 4.78 is 10.7. The number of rotatable bonds is 7. The van der Waals surface area contributed by atoms with Crippen molar-refractivity contribution in [1.82, 2.24) is 0 Å². The Kier molecular flexibility index (Phi) is 5.29. The predicted octanol–water partition coefficient (Wildman–Crippen LogP) is 0.798. The summed E-state index contributed by atoms with van der Waals surface area (Å²) in [5.41, 5.74) is 11.4. The molecule has 0 aliphatic carbocycles. The SMILES string of the molecule is CCCOc1ccc(CN)c(OCC(N)=O)c1. The normalized spacial score (nSPS) is 10.0. The minimum atomic E-state index is -0.521. The van der Waals surface area contributed by atoms with E-state index >= 15 is 0 Å². The molecular formula is C12H18N2O3. The fourth-order valence-electron chi connectivity index (χ4n) is 1.30. The van der Waals surface area contributed by atoms with Gasteiger partial charge in [-0.2, -0.15) is 0 Å². The van der Waals surface area contributed by atoms with Crippen LogP contribution < -0.4 is 20.9 Å². The molecule has 0 heterocycles. The molecule has 0 radical (unpaired) electrons. The van der Waals surface area contributed by atoms with E-state index in [9.17, 15) is 4.79 Å². The van der Waals surface area contributed by atoms with Gasteiger partial charge in [0.05, 0.1) is 6.61 Å². The van der Waals surface area contributed by atoms with Gasteiger partial charge in [-0.25, -0.2) is 0 Å². The Labute approximate surface area is 101 Å². The molecule has 0 aliphatic rings. The second kappa shape index (κ2) is 6.75. The van der Waals surface area contributed by atoms with E-state index in [1.807, 2.05) is 19.1 Å². The second-order valence-corrected chi connectivity index (χ2v) is 3.58. The van der Waals surface area contributed by atoms with Gasteiger partial charge >= 0.3 is 0 Å². The zero-order valence-corrected chi connectivity index (χ0v) is 9.94. The summed E-state index contributed by atoms with van der Waals surface area (Å²) in [7, 11) is 0. The molecule has 1 rings (SSSR count). The van der Waals surface area contributed by atoms with Crippen molar-refractivity contribution in [3.8, 4) is 11.5 Å². The van der Waals surface area contributed by atoms with Gasteiger partial charge in [0.2, 0.25) is 0 Å². The van der Waals surface area contributed by atoms with Crippen molar-refractivity contribution in [1.29, 1.82) is 0 Å². The van der Waals surface area contributed by atoms with Crippen LogP contribution in [0.1, 0.15) is 18.9 Å². The molecule has 4 N–H and O–H groups in total. The molecule has 94 valence electrons. The van der Waals surface area contributed by atoms with Gasteiger partial charge in [0.15, 0.2) is 6.61 Å². The quantitative estimate of drug-likeness (QED) is 0.735. The van der Waals surface area contributed by atoms with Crippen molar-refractivity contribution in [2.24, 2.45) is 11.5 Å². The number of carbonyl (C=O) groups is 1. The summed E-state index contributed by atoms with van der Waals surface area (Å²) in [6.07, 6.45) is 0.927. The molecule has 0 bridgehead atoms. The van der Waals surface area contributed by atoms with E-state index in [1.54, 1.807) is 6.07 Å². The number of hydrogen-bond donors (Lipinski definition) is 2. The highest BCUT2D eigenvalue weighted by Crippen LogP contribution is 2.24. The first-order valence-corrected chi connectivity index (χ1v) is 5.54. The van der Waals surface area contributed by atoms with E-state index in [1.165, 1.54) is 0 Å². The minimum Gasteiger partial charge on any atom is -0.493 e. The van der Waals surface area contributed by atoms with Crippen molar-refractivity contribution < 1.29 is 14.3 Å². The number of carbonyl (C=O) groups excluding carboxylic acids is 1. The molecule has 1 amide bonds. The van der Waals surface area contributed by atoms with Crippen molar-refractivity contribution in [3.63, 3.8) is 0 Å². The molecule has 0 fully saturated rings. The monoisotopic (exact) mass is 238 g/mol. The lowest BCUT2D eigenvalue weighted by Gasteiger charge is -2.11. The maximum atomic E-state index is 10.7. The molecule has 1 aromatic carbocycles. The van der Waals surface area contributed by atoms with Crippen LogP contribution in [0.25, 0.3) is 0 Å². The molecule has 5 nitrogen and oxygen atoms in total. The molecule has 0 saturated heterocycles. The van der Waals surface area contributed by atoms with E-state index in [2.05, 4.69) is 0 Å². The molecule has 0 aliphatic heterocycles. The average molecular weight is 238 g/mol. The number of ether oxygens (including phenoxy) is 2. The van der Waals surface area contributed by atoms with Gasteiger partial charge in [0, 0.05) is 18.2 Å². The maximum Gasteiger partial charge on any atom is 0.255 e. The van der Waals surface area contributed by atoms with Gasteiger partial charge in [-0.05, 0) is 12.5 Å². The zero-order valence-electron chi connectivity index (χ0n) is 9.94. The van der Waals surface area contributed by atoms with Crippen LogP contribution in [0, 0.1) is 0 Å². The molecule has 5 heteroatoms. The standard InChI is InChI=1S/C12H18N2O3/c1-2-5-16-10-4-3-9(7-13)11(6-10)17-8-12(14)15/h3-4,6H,2,5,7-8,13H2,1H3,(H2,14,15). The number of nitrogens with two attached hydrogens (primary N) is 2. The van der Waals surface area contributed by atoms with E-state index in [0.717, 1.165) is 12.0 Å². The highest BCUT2D eigenvalue weighted by Gasteiger charge is 2.06. The predicted molar refractivity (Wildman–Crippen MR) is 64.8 cm³/mol. The molecule has 0 spiro atoms. The molecular weight excluding hydrogens is 220 g/mol. The van der Waals surface area contributed by atoms with E-state index in [0.29, 0.717) is 24.7 Å². The third-order valence-electron chi connectivity index (χ3n) is 2.10. The lowest BCUT2D eigenvalue weighted by molar-refractivity contribution is -0.119. The third-order valence-corrected chi connectivity index (χ3v) is 2.10. The molecule has 0 unspecified atom stereocenters. The van der Waals surface area contributed by atoms with Crippen molar-refractivity contribution in [2.75, 3.05) is 13.2 Å². The van der Waals surface area contributed by atoms with E-state index in [-0.39, 0.29) is 6.61 Å². The van der Waals surface area contributed by atoms with Crippen molar-refractivity contribution in [2.45, 2.75) is 19.9 Å². The van der Waals surface area contributed by atoms with Crippen LogP contribution in [0.5, 0.6) is 11.5 Å². The first-order chi connectivity index (χ1) is 8.17. The van der Waals surface area contributed by atoms with Crippen LogP contribution in [0.4, 0.5) is 0 Å². The number of primary amides is 1. The van der Waals surface area contributed by atoms with Crippen LogP contribution in [0.3, 0.4) is 0 Å². The number of amides is 1. The molecule has 17 heavy (non-hydrogen) atoms. The summed E-state index contributed by atoms with van der Waals surface area (Å²) in [5, 5.41) is 0. The fourth-order valence-corrected chi connectivity index (χ4v) is 1.30. The Morgan fingerprint density at radius 1 is 1.35 bits per heavy atom. The van der Waals surface area contributed by atoms with Gasteiger partial charge < -0.3 is 20.9 Å². The van der Waals surface area contributed by atoms with Gasteiger partial charge in [-0.3, -0.25) is 4.79 Å². The molecule has 0 atom stereocenters. The van der Waals surface area contributed by atoms with Crippen LogP contribution >= 0.6 is 0 Å². The van der Waals surface area contributed by atoms with Crippen LogP contribution in [-0.2, 0) is 11.3 Å². The smallest absolute Gasteiger partial charge is 0.255 e. The van der Waals surface area contributed by atoms with Gasteiger partial charge in [0.1, 0.15) is 11.5 Å². The lowest BCUT2D eigenvalue weighted by atomic mass is 10.2. The molecule has 0 aromatic heterocycles. The number of benzene rings is 1. The average Bonchev–Trinajstić information content (AvgIpc) is 2.33. The largest absolute Gasteiger partial charge is 0.493 e. The van der Waals surface area contributed by atoms with Gasteiger partial charge in [-0.15, -0.1) is 0 Å². The summed E-state index contributed by atoms with van der Waals surface area (Å²) >= 11 is 0. The first kappa shape index (κ1) is 13.3. The van der Waals surface area contributed by atoms with Gasteiger partial charge in [-0.1, -0.05) is 13.0 Å².